The van der Waals surface area contributed by atoms with Crippen molar-refractivity contribution in [1.82, 2.24) is 9.66 Å². The van der Waals surface area contributed by atoms with Gasteiger partial charge in [0.15, 0.2) is 0 Å². The van der Waals surface area contributed by atoms with Crippen molar-refractivity contribution in [3.05, 3.63) is 65.4 Å². The number of anilines is 2. The number of carbonyl (C=O) groups is 2. The zero-order chi connectivity index (χ0) is 20.5. The summed E-state index contributed by atoms with van der Waals surface area (Å²) < 4.78 is 1.52. The molecule has 2 aromatic carbocycles. The van der Waals surface area contributed by atoms with Crippen molar-refractivity contribution in [1.29, 1.82) is 0 Å². The molecule has 0 saturated carbocycles. The lowest BCUT2D eigenvalue weighted by molar-refractivity contribution is -0.126. The highest BCUT2D eigenvalue weighted by molar-refractivity contribution is 5.97. The van der Waals surface area contributed by atoms with Crippen molar-refractivity contribution in [2.75, 3.05) is 16.5 Å². The van der Waals surface area contributed by atoms with Gasteiger partial charge in [0.2, 0.25) is 17.8 Å². The normalized spacial score (nSPS) is 15.5. The molecule has 3 aromatic rings. The molecule has 0 radical (unpaired) electrons. The highest BCUT2D eigenvalue weighted by Crippen LogP contribution is 2.30. The molecular weight excluding hydrogens is 366 g/mol. The Morgan fingerprint density at radius 3 is 2.69 bits per heavy atom. The van der Waals surface area contributed by atoms with Gasteiger partial charge in [-0.2, -0.15) is 0 Å². The Hall–Kier alpha value is -3.61. The van der Waals surface area contributed by atoms with Gasteiger partial charge in [0.25, 0.3) is 0 Å². The van der Waals surface area contributed by atoms with Gasteiger partial charge in [0.05, 0.1) is 17.3 Å². The Bertz CT molecular complexity index is 1090. The summed E-state index contributed by atoms with van der Waals surface area (Å²) in [6, 6.07) is 15.4. The summed E-state index contributed by atoms with van der Waals surface area (Å²) in [4.78, 5) is 29.5. The third-order valence-electron chi connectivity index (χ3n) is 5.30. The van der Waals surface area contributed by atoms with E-state index in [4.69, 9.17) is 5.73 Å². The number of rotatable bonds is 4. The number of benzene rings is 2. The summed E-state index contributed by atoms with van der Waals surface area (Å²) in [5, 5.41) is 2.89. The van der Waals surface area contributed by atoms with Crippen LogP contribution in [-0.2, 0) is 16.0 Å². The average molecular weight is 389 g/mol. The third-order valence-corrected chi connectivity index (χ3v) is 5.30. The highest BCUT2D eigenvalue weighted by atomic mass is 16.2. The highest BCUT2D eigenvalue weighted by Gasteiger charge is 2.32. The van der Waals surface area contributed by atoms with E-state index in [9.17, 15) is 9.59 Å². The van der Waals surface area contributed by atoms with Crippen molar-refractivity contribution in [2.45, 2.75) is 26.7 Å². The van der Waals surface area contributed by atoms with E-state index in [1.54, 1.807) is 0 Å². The molecule has 29 heavy (non-hydrogen) atoms. The van der Waals surface area contributed by atoms with Gasteiger partial charge in [0, 0.05) is 24.1 Å². The van der Waals surface area contributed by atoms with Crippen LogP contribution in [0, 0.1) is 19.8 Å². The van der Waals surface area contributed by atoms with E-state index < -0.39 is 5.92 Å². The van der Waals surface area contributed by atoms with Crippen LogP contribution in [0.15, 0.2) is 48.5 Å². The Morgan fingerprint density at radius 2 is 1.97 bits per heavy atom. The smallest absolute Gasteiger partial charge is 0.242 e. The van der Waals surface area contributed by atoms with Crippen LogP contribution >= 0.6 is 0 Å². The quantitative estimate of drug-likeness (QED) is 0.638. The van der Waals surface area contributed by atoms with Crippen LogP contribution < -0.4 is 16.5 Å². The van der Waals surface area contributed by atoms with Crippen molar-refractivity contribution in [2.24, 2.45) is 5.92 Å². The van der Waals surface area contributed by atoms with Gasteiger partial charge in [-0.05, 0) is 37.1 Å². The Morgan fingerprint density at radius 1 is 1.21 bits per heavy atom. The first-order chi connectivity index (χ1) is 13.9. The monoisotopic (exact) mass is 389 g/mol. The first-order valence-corrected chi connectivity index (χ1v) is 9.53. The van der Waals surface area contributed by atoms with Crippen LogP contribution in [0.2, 0.25) is 0 Å². The summed E-state index contributed by atoms with van der Waals surface area (Å²) in [5.74, 6) is -0.704. The number of nitrogens with one attached hydrogen (secondary N) is 2. The first kappa shape index (κ1) is 18.7. The SMILES string of the molecule is Cc1ccc(NC(=O)CC2Cc3c(-c4ccccc4)nc(N)n3NC2=O)cc1C. The first-order valence-electron chi connectivity index (χ1n) is 9.53. The molecule has 148 valence electrons. The molecule has 1 aliphatic heterocycles. The second kappa shape index (κ2) is 7.43. The lowest BCUT2D eigenvalue weighted by Crippen LogP contribution is -2.39. The molecular formula is C22H23N5O2. The summed E-state index contributed by atoms with van der Waals surface area (Å²) >= 11 is 0. The van der Waals surface area contributed by atoms with E-state index in [1.807, 2.05) is 62.4 Å². The molecule has 2 amide bonds. The molecule has 1 unspecified atom stereocenters. The fourth-order valence-electron chi connectivity index (χ4n) is 3.56. The molecule has 1 atom stereocenters. The van der Waals surface area contributed by atoms with Gasteiger partial charge >= 0.3 is 0 Å². The zero-order valence-electron chi connectivity index (χ0n) is 16.4. The Kier molecular flexibility index (Phi) is 4.80. The summed E-state index contributed by atoms with van der Waals surface area (Å²) in [7, 11) is 0. The molecule has 0 fully saturated rings. The minimum atomic E-state index is -0.493. The molecule has 0 saturated heterocycles. The number of aromatic nitrogens is 2. The fourth-order valence-corrected chi connectivity index (χ4v) is 3.56. The van der Waals surface area contributed by atoms with Crippen molar-refractivity contribution in [3.8, 4) is 11.3 Å². The van der Waals surface area contributed by atoms with Crippen LogP contribution in [0.25, 0.3) is 11.3 Å². The number of nitrogens with two attached hydrogens (primary N) is 1. The predicted molar refractivity (Wildman–Crippen MR) is 113 cm³/mol. The van der Waals surface area contributed by atoms with Crippen molar-refractivity contribution >= 4 is 23.5 Å². The maximum Gasteiger partial charge on any atom is 0.242 e. The molecule has 0 bridgehead atoms. The molecule has 1 aromatic heterocycles. The number of aryl methyl sites for hydroxylation is 2. The number of hydrogen-bond donors (Lipinski definition) is 3. The number of nitrogens with zero attached hydrogens (tertiary/aromatic N) is 2. The molecule has 4 N–H and O–H groups in total. The van der Waals surface area contributed by atoms with E-state index in [0.29, 0.717) is 6.42 Å². The molecule has 2 heterocycles. The lowest BCUT2D eigenvalue weighted by Gasteiger charge is -2.24. The number of nitrogen functional groups attached to an aromatic ring is 1. The second-order valence-electron chi connectivity index (χ2n) is 7.40. The molecule has 1 aliphatic rings. The predicted octanol–water partition coefficient (Wildman–Crippen LogP) is 3.02. The number of carbonyl (C=O) groups excluding carboxylic acids is 2. The maximum atomic E-state index is 12.6. The van der Waals surface area contributed by atoms with Crippen LogP contribution in [0.1, 0.15) is 23.2 Å². The van der Waals surface area contributed by atoms with Gasteiger partial charge < -0.3 is 11.1 Å². The molecule has 7 nitrogen and oxygen atoms in total. The number of fused-ring (bicyclic) bond motifs is 1. The minimum Gasteiger partial charge on any atom is -0.368 e. The molecule has 0 spiro atoms. The van der Waals surface area contributed by atoms with Gasteiger partial charge in [-0.25, -0.2) is 9.66 Å². The van der Waals surface area contributed by atoms with Crippen LogP contribution in [-0.4, -0.2) is 21.5 Å². The van der Waals surface area contributed by atoms with Gasteiger partial charge in [-0.15, -0.1) is 0 Å². The number of imidazole rings is 1. The summed E-state index contributed by atoms with van der Waals surface area (Å²) in [6.07, 6.45) is 0.471. The Labute approximate surface area is 168 Å². The zero-order valence-corrected chi connectivity index (χ0v) is 16.4. The van der Waals surface area contributed by atoms with Crippen molar-refractivity contribution < 1.29 is 9.59 Å². The van der Waals surface area contributed by atoms with Gasteiger partial charge in [-0.3, -0.25) is 15.0 Å². The third kappa shape index (κ3) is 3.71. The standard InChI is InChI=1S/C22H23N5O2/c1-13-8-9-17(10-14(13)2)24-19(28)12-16-11-18-20(15-6-4-3-5-7-15)25-22(23)27(18)26-21(16)29/h3-10,16H,11-12H2,1-2H3,(H2,23,25)(H,24,28)(H,26,29). The molecule has 4 rings (SSSR count). The van der Waals surface area contributed by atoms with E-state index >= 15 is 0 Å². The van der Waals surface area contributed by atoms with Gasteiger partial charge in [-0.1, -0.05) is 36.4 Å². The minimum absolute atomic E-state index is 0.0814. The summed E-state index contributed by atoms with van der Waals surface area (Å²) in [6.45, 7) is 4.02. The van der Waals surface area contributed by atoms with Crippen LogP contribution in [0.3, 0.4) is 0 Å². The van der Waals surface area contributed by atoms with Gasteiger partial charge in [0.1, 0.15) is 0 Å². The van der Waals surface area contributed by atoms with E-state index in [-0.39, 0.29) is 24.2 Å². The number of amides is 2. The van der Waals surface area contributed by atoms with Crippen molar-refractivity contribution in [3.63, 3.8) is 0 Å². The van der Waals surface area contributed by atoms with Crippen LogP contribution in [0.4, 0.5) is 11.6 Å². The topological polar surface area (TPSA) is 102 Å². The maximum absolute atomic E-state index is 12.6. The second-order valence-corrected chi connectivity index (χ2v) is 7.40. The average Bonchev–Trinajstić information content (AvgIpc) is 3.01. The van der Waals surface area contributed by atoms with Crippen LogP contribution in [0.5, 0.6) is 0 Å². The number of hydrogen-bond acceptors (Lipinski definition) is 4. The van der Waals surface area contributed by atoms with E-state index in [0.717, 1.165) is 33.8 Å². The lowest BCUT2D eigenvalue weighted by atomic mass is 9.94. The van der Waals surface area contributed by atoms with E-state index in [1.165, 1.54) is 4.68 Å². The summed E-state index contributed by atoms with van der Waals surface area (Å²) in [5.41, 5.74) is 14.2. The largest absolute Gasteiger partial charge is 0.368 e. The molecule has 0 aliphatic carbocycles. The fraction of sp³-hybridized carbons (Fsp3) is 0.227. The van der Waals surface area contributed by atoms with E-state index in [2.05, 4.69) is 15.7 Å². The Balaban J connectivity index is 1.53. The molecule has 7 heteroatoms.